The SMILES string of the molecule is Cc1cc(S(=O)(=O)NCC(c2cccn2C)N2CCOCC2)ccc1F. The number of morpholine rings is 1. The molecule has 2 heterocycles. The van der Waals surface area contributed by atoms with Gasteiger partial charge in [0.15, 0.2) is 0 Å². The third kappa shape index (κ3) is 4.15. The van der Waals surface area contributed by atoms with E-state index in [1.807, 2.05) is 29.9 Å². The normalized spacial score (nSPS) is 17.3. The van der Waals surface area contributed by atoms with Gasteiger partial charge in [0, 0.05) is 38.6 Å². The highest BCUT2D eigenvalue weighted by molar-refractivity contribution is 7.89. The Hall–Kier alpha value is -1.74. The molecular weight excluding hydrogens is 357 g/mol. The van der Waals surface area contributed by atoms with Crippen molar-refractivity contribution in [2.24, 2.45) is 7.05 Å². The maximum atomic E-state index is 13.4. The van der Waals surface area contributed by atoms with Crippen molar-refractivity contribution in [1.82, 2.24) is 14.2 Å². The van der Waals surface area contributed by atoms with Crippen LogP contribution in [0.15, 0.2) is 41.4 Å². The van der Waals surface area contributed by atoms with E-state index >= 15 is 0 Å². The van der Waals surface area contributed by atoms with E-state index in [9.17, 15) is 12.8 Å². The van der Waals surface area contributed by atoms with Crippen LogP contribution in [0.2, 0.25) is 0 Å². The van der Waals surface area contributed by atoms with Gasteiger partial charge in [0.2, 0.25) is 10.0 Å². The minimum Gasteiger partial charge on any atom is -0.379 e. The van der Waals surface area contributed by atoms with Crippen molar-refractivity contribution in [2.45, 2.75) is 17.9 Å². The van der Waals surface area contributed by atoms with E-state index in [2.05, 4.69) is 9.62 Å². The first-order chi connectivity index (χ1) is 12.4. The minimum atomic E-state index is -3.72. The summed E-state index contributed by atoms with van der Waals surface area (Å²) in [7, 11) is -1.78. The lowest BCUT2D eigenvalue weighted by atomic mass is 10.1. The van der Waals surface area contributed by atoms with Gasteiger partial charge in [-0.05, 0) is 42.8 Å². The molecule has 3 rings (SSSR count). The lowest BCUT2D eigenvalue weighted by Crippen LogP contribution is -2.44. The molecule has 0 aliphatic carbocycles. The Labute approximate surface area is 153 Å². The van der Waals surface area contributed by atoms with Crippen molar-refractivity contribution in [2.75, 3.05) is 32.8 Å². The Bertz CT molecular complexity index is 860. The molecule has 1 aliphatic heterocycles. The van der Waals surface area contributed by atoms with Crippen molar-refractivity contribution in [1.29, 1.82) is 0 Å². The Morgan fingerprint density at radius 1 is 1.27 bits per heavy atom. The molecule has 0 saturated carbocycles. The van der Waals surface area contributed by atoms with Crippen LogP contribution in [0.1, 0.15) is 17.3 Å². The van der Waals surface area contributed by atoms with Gasteiger partial charge in [-0.25, -0.2) is 17.5 Å². The van der Waals surface area contributed by atoms with Gasteiger partial charge in [0.25, 0.3) is 0 Å². The number of ether oxygens (including phenoxy) is 1. The second-order valence-electron chi connectivity index (χ2n) is 6.47. The van der Waals surface area contributed by atoms with Crippen LogP contribution in [0.4, 0.5) is 4.39 Å². The summed E-state index contributed by atoms with van der Waals surface area (Å²) in [5.41, 5.74) is 1.34. The first kappa shape index (κ1) is 19.0. The smallest absolute Gasteiger partial charge is 0.240 e. The maximum Gasteiger partial charge on any atom is 0.240 e. The highest BCUT2D eigenvalue weighted by Crippen LogP contribution is 2.22. The van der Waals surface area contributed by atoms with E-state index in [1.165, 1.54) is 18.2 Å². The molecule has 1 atom stereocenters. The highest BCUT2D eigenvalue weighted by atomic mass is 32.2. The van der Waals surface area contributed by atoms with Crippen molar-refractivity contribution in [3.8, 4) is 0 Å². The monoisotopic (exact) mass is 381 g/mol. The van der Waals surface area contributed by atoms with E-state index in [0.717, 1.165) is 18.8 Å². The molecule has 2 aromatic rings. The van der Waals surface area contributed by atoms with Gasteiger partial charge in [0.05, 0.1) is 24.2 Å². The molecule has 1 aromatic carbocycles. The topological polar surface area (TPSA) is 63.6 Å². The van der Waals surface area contributed by atoms with Crippen LogP contribution in [0, 0.1) is 12.7 Å². The third-order valence-electron chi connectivity index (χ3n) is 4.72. The van der Waals surface area contributed by atoms with Crippen molar-refractivity contribution < 1.29 is 17.5 Å². The summed E-state index contributed by atoms with van der Waals surface area (Å²) in [5, 5.41) is 0. The zero-order valence-electron chi connectivity index (χ0n) is 15.0. The molecule has 1 aromatic heterocycles. The molecule has 8 heteroatoms. The van der Waals surface area contributed by atoms with Crippen LogP contribution in [-0.4, -0.2) is 50.7 Å². The number of rotatable bonds is 6. The molecule has 1 saturated heterocycles. The van der Waals surface area contributed by atoms with Gasteiger partial charge in [0.1, 0.15) is 5.82 Å². The van der Waals surface area contributed by atoms with Crippen LogP contribution in [0.5, 0.6) is 0 Å². The minimum absolute atomic E-state index is 0.0732. The van der Waals surface area contributed by atoms with E-state index in [0.29, 0.717) is 18.8 Å². The zero-order chi connectivity index (χ0) is 18.7. The van der Waals surface area contributed by atoms with Crippen LogP contribution < -0.4 is 4.72 Å². The summed E-state index contributed by atoms with van der Waals surface area (Å²) in [6, 6.07) is 7.66. The van der Waals surface area contributed by atoms with E-state index in [1.54, 1.807) is 6.92 Å². The fourth-order valence-electron chi connectivity index (χ4n) is 3.19. The number of halogens is 1. The molecular formula is C18H24FN3O3S. The molecule has 1 N–H and O–H groups in total. The summed E-state index contributed by atoms with van der Waals surface area (Å²) >= 11 is 0. The molecule has 0 bridgehead atoms. The summed E-state index contributed by atoms with van der Waals surface area (Å²) in [5.74, 6) is -0.418. The number of sulfonamides is 1. The maximum absolute atomic E-state index is 13.4. The molecule has 142 valence electrons. The number of benzene rings is 1. The highest BCUT2D eigenvalue weighted by Gasteiger charge is 2.26. The van der Waals surface area contributed by atoms with Crippen LogP contribution in [0.25, 0.3) is 0 Å². The van der Waals surface area contributed by atoms with Gasteiger partial charge < -0.3 is 9.30 Å². The molecule has 0 amide bonds. The molecule has 0 spiro atoms. The quantitative estimate of drug-likeness (QED) is 0.829. The number of aromatic nitrogens is 1. The van der Waals surface area contributed by atoms with E-state index in [-0.39, 0.29) is 17.5 Å². The average Bonchev–Trinajstić information content (AvgIpc) is 3.04. The van der Waals surface area contributed by atoms with Gasteiger partial charge in [-0.15, -0.1) is 0 Å². The molecule has 6 nitrogen and oxygen atoms in total. The largest absolute Gasteiger partial charge is 0.379 e. The van der Waals surface area contributed by atoms with E-state index < -0.39 is 15.8 Å². The fourth-order valence-corrected chi connectivity index (χ4v) is 4.31. The van der Waals surface area contributed by atoms with Crippen molar-refractivity contribution in [3.05, 3.63) is 53.6 Å². The average molecular weight is 381 g/mol. The molecule has 1 unspecified atom stereocenters. The summed E-state index contributed by atoms with van der Waals surface area (Å²) < 4.78 is 48.8. The van der Waals surface area contributed by atoms with Gasteiger partial charge in [-0.3, -0.25) is 4.90 Å². The summed E-state index contributed by atoms with van der Waals surface area (Å²) in [6.45, 7) is 4.53. The van der Waals surface area contributed by atoms with Gasteiger partial charge in [-0.2, -0.15) is 0 Å². The third-order valence-corrected chi connectivity index (χ3v) is 6.14. The Morgan fingerprint density at radius 2 is 2.00 bits per heavy atom. The predicted molar refractivity (Wildman–Crippen MR) is 96.9 cm³/mol. The first-order valence-electron chi connectivity index (χ1n) is 8.57. The summed E-state index contributed by atoms with van der Waals surface area (Å²) in [4.78, 5) is 2.29. The van der Waals surface area contributed by atoms with Gasteiger partial charge in [-0.1, -0.05) is 0 Å². The van der Waals surface area contributed by atoms with Crippen LogP contribution >= 0.6 is 0 Å². The lowest BCUT2D eigenvalue weighted by molar-refractivity contribution is 0.0158. The molecule has 1 fully saturated rings. The van der Waals surface area contributed by atoms with E-state index in [4.69, 9.17) is 4.74 Å². The lowest BCUT2D eigenvalue weighted by Gasteiger charge is -2.34. The number of nitrogens with zero attached hydrogens (tertiary/aromatic N) is 2. The van der Waals surface area contributed by atoms with Crippen molar-refractivity contribution in [3.63, 3.8) is 0 Å². The number of hydrogen-bond donors (Lipinski definition) is 1. The molecule has 26 heavy (non-hydrogen) atoms. The summed E-state index contributed by atoms with van der Waals surface area (Å²) in [6.07, 6.45) is 1.95. The Morgan fingerprint density at radius 3 is 2.62 bits per heavy atom. The predicted octanol–water partition coefficient (Wildman–Crippen LogP) is 1.82. The standard InChI is InChI=1S/C18H24FN3O3S/c1-14-12-15(5-6-16(14)19)26(23,24)20-13-18(17-4-3-7-21(17)2)22-8-10-25-11-9-22/h3-7,12,18,20H,8-11,13H2,1-2H3. The number of nitrogens with one attached hydrogen (secondary N) is 1. The van der Waals surface area contributed by atoms with Crippen LogP contribution in [-0.2, 0) is 21.8 Å². The number of aryl methyl sites for hydroxylation is 2. The molecule has 0 radical (unpaired) electrons. The fraction of sp³-hybridized carbons (Fsp3) is 0.444. The Balaban J connectivity index is 1.80. The van der Waals surface area contributed by atoms with Crippen LogP contribution in [0.3, 0.4) is 0 Å². The Kier molecular flexibility index (Phi) is 5.76. The zero-order valence-corrected chi connectivity index (χ0v) is 15.8. The molecule has 1 aliphatic rings. The second-order valence-corrected chi connectivity index (χ2v) is 8.24. The first-order valence-corrected chi connectivity index (χ1v) is 10.1. The second kappa shape index (κ2) is 7.87. The number of hydrogen-bond acceptors (Lipinski definition) is 4. The van der Waals surface area contributed by atoms with Gasteiger partial charge >= 0.3 is 0 Å². The van der Waals surface area contributed by atoms with Crippen molar-refractivity contribution >= 4 is 10.0 Å².